The number of aromatic nitrogens is 2. The van der Waals surface area contributed by atoms with Gasteiger partial charge >= 0.3 is 0 Å². The number of nitrogens with one attached hydrogen (secondary N) is 1. The fourth-order valence-electron chi connectivity index (χ4n) is 1.43. The van der Waals surface area contributed by atoms with Crippen LogP contribution < -0.4 is 5.32 Å². The number of nitrogens with zero attached hydrogens (tertiary/aromatic N) is 2. The number of hydrogen-bond donors (Lipinski definition) is 2. The predicted molar refractivity (Wildman–Crippen MR) is 68.3 cm³/mol. The molecule has 1 aromatic carbocycles. The smallest absolute Gasteiger partial charge is 0.251 e. The summed E-state index contributed by atoms with van der Waals surface area (Å²) in [5, 5.41) is 2.84. The Morgan fingerprint density at radius 1 is 1.35 bits per heavy atom. The number of hydrogen-bond acceptors (Lipinski definition) is 3. The maximum absolute atomic E-state index is 11.7. The second kappa shape index (κ2) is 5.54. The van der Waals surface area contributed by atoms with Crippen LogP contribution in [0.4, 0.5) is 0 Å². The van der Waals surface area contributed by atoms with E-state index < -0.39 is 0 Å². The van der Waals surface area contributed by atoms with E-state index in [4.69, 9.17) is 0 Å². The van der Waals surface area contributed by atoms with E-state index in [1.54, 1.807) is 36.8 Å². The number of rotatable bonds is 4. The first kappa shape index (κ1) is 11.7. The zero-order chi connectivity index (χ0) is 12.1. The number of carbonyl (C=O) groups is 1. The number of thiol groups is 1. The minimum atomic E-state index is -0.0709. The van der Waals surface area contributed by atoms with Crippen molar-refractivity contribution in [2.45, 2.75) is 11.4 Å². The van der Waals surface area contributed by atoms with Crippen molar-refractivity contribution in [3.05, 3.63) is 48.5 Å². The molecule has 88 valence electrons. The van der Waals surface area contributed by atoms with Crippen LogP contribution >= 0.6 is 12.6 Å². The third-order valence-electron chi connectivity index (χ3n) is 2.34. The Morgan fingerprint density at radius 3 is 2.76 bits per heavy atom. The summed E-state index contributed by atoms with van der Waals surface area (Å²) in [6.07, 6.45) is 5.30. The second-order valence-electron chi connectivity index (χ2n) is 3.60. The molecule has 0 atom stereocenters. The Morgan fingerprint density at radius 2 is 2.12 bits per heavy atom. The highest BCUT2D eigenvalue weighted by Gasteiger charge is 2.03. The highest BCUT2D eigenvalue weighted by molar-refractivity contribution is 7.80. The van der Waals surface area contributed by atoms with Crippen molar-refractivity contribution in [3.8, 4) is 0 Å². The van der Waals surface area contributed by atoms with E-state index in [0.717, 1.165) is 11.4 Å². The van der Waals surface area contributed by atoms with Crippen LogP contribution in [-0.2, 0) is 6.54 Å². The molecule has 0 aliphatic heterocycles. The van der Waals surface area contributed by atoms with E-state index in [2.05, 4.69) is 22.9 Å². The molecular formula is C12H13N3OS. The SMILES string of the molecule is O=C(NCCn1ccnc1)c1ccc(S)cc1. The predicted octanol–water partition coefficient (Wildman–Crippen LogP) is 1.60. The van der Waals surface area contributed by atoms with Crippen molar-refractivity contribution >= 4 is 18.5 Å². The van der Waals surface area contributed by atoms with Crippen molar-refractivity contribution in [1.29, 1.82) is 0 Å². The molecule has 0 unspecified atom stereocenters. The van der Waals surface area contributed by atoms with E-state index in [-0.39, 0.29) is 5.91 Å². The second-order valence-corrected chi connectivity index (χ2v) is 4.12. The first-order valence-electron chi connectivity index (χ1n) is 5.29. The highest BCUT2D eigenvalue weighted by atomic mass is 32.1. The maximum Gasteiger partial charge on any atom is 0.251 e. The zero-order valence-electron chi connectivity index (χ0n) is 9.21. The van der Waals surface area contributed by atoms with Crippen LogP contribution in [0.25, 0.3) is 0 Å². The molecule has 1 N–H and O–H groups in total. The summed E-state index contributed by atoms with van der Waals surface area (Å²) in [6.45, 7) is 1.30. The van der Waals surface area contributed by atoms with Crippen LogP contribution in [0.1, 0.15) is 10.4 Å². The molecule has 2 aromatic rings. The molecule has 0 saturated heterocycles. The summed E-state index contributed by atoms with van der Waals surface area (Å²) in [4.78, 5) is 16.5. The lowest BCUT2D eigenvalue weighted by Gasteiger charge is -2.05. The number of amides is 1. The fourth-order valence-corrected chi connectivity index (χ4v) is 1.58. The molecule has 0 fully saturated rings. The van der Waals surface area contributed by atoms with Crippen molar-refractivity contribution < 1.29 is 4.79 Å². The first-order chi connectivity index (χ1) is 8.25. The molecule has 17 heavy (non-hydrogen) atoms. The largest absolute Gasteiger partial charge is 0.350 e. The third kappa shape index (κ3) is 3.35. The Bertz CT molecular complexity index is 479. The molecule has 1 amide bonds. The lowest BCUT2D eigenvalue weighted by molar-refractivity contribution is 0.0952. The molecule has 0 saturated carbocycles. The summed E-state index contributed by atoms with van der Waals surface area (Å²) >= 11 is 4.17. The van der Waals surface area contributed by atoms with E-state index in [1.165, 1.54) is 0 Å². The standard InChI is InChI=1S/C12H13N3OS/c16-12(10-1-3-11(17)4-2-10)14-6-8-15-7-5-13-9-15/h1-5,7,9,17H,6,8H2,(H,14,16). The van der Waals surface area contributed by atoms with Crippen molar-refractivity contribution in [1.82, 2.24) is 14.9 Å². The van der Waals surface area contributed by atoms with Gasteiger partial charge in [0.1, 0.15) is 0 Å². The summed E-state index contributed by atoms with van der Waals surface area (Å²) in [5.74, 6) is -0.0709. The van der Waals surface area contributed by atoms with E-state index in [0.29, 0.717) is 12.1 Å². The van der Waals surface area contributed by atoms with Crippen LogP contribution in [-0.4, -0.2) is 22.0 Å². The third-order valence-corrected chi connectivity index (χ3v) is 2.64. The van der Waals surface area contributed by atoms with Gasteiger partial charge in [-0.05, 0) is 24.3 Å². The van der Waals surface area contributed by atoms with Crippen LogP contribution in [0.15, 0.2) is 47.9 Å². The fraction of sp³-hybridized carbons (Fsp3) is 0.167. The number of benzene rings is 1. The number of carbonyl (C=O) groups excluding carboxylic acids is 1. The molecule has 0 aliphatic rings. The van der Waals surface area contributed by atoms with Gasteiger partial charge in [-0.3, -0.25) is 4.79 Å². The normalized spacial score (nSPS) is 10.2. The molecule has 0 spiro atoms. The van der Waals surface area contributed by atoms with Gasteiger partial charge in [-0.2, -0.15) is 0 Å². The lowest BCUT2D eigenvalue weighted by Crippen LogP contribution is -2.26. The molecule has 5 heteroatoms. The van der Waals surface area contributed by atoms with Gasteiger partial charge in [0.25, 0.3) is 5.91 Å². The lowest BCUT2D eigenvalue weighted by atomic mass is 10.2. The van der Waals surface area contributed by atoms with Crippen LogP contribution in [0.5, 0.6) is 0 Å². The minimum Gasteiger partial charge on any atom is -0.350 e. The average Bonchev–Trinajstić information content (AvgIpc) is 2.83. The Labute approximate surface area is 105 Å². The van der Waals surface area contributed by atoms with Crippen LogP contribution in [0.3, 0.4) is 0 Å². The average molecular weight is 247 g/mol. The van der Waals surface area contributed by atoms with Gasteiger partial charge in [-0.1, -0.05) is 0 Å². The molecule has 1 heterocycles. The first-order valence-corrected chi connectivity index (χ1v) is 5.73. The number of imidazole rings is 1. The molecule has 2 rings (SSSR count). The molecule has 0 bridgehead atoms. The molecule has 4 nitrogen and oxygen atoms in total. The van der Waals surface area contributed by atoms with Crippen molar-refractivity contribution in [2.75, 3.05) is 6.54 Å². The van der Waals surface area contributed by atoms with Crippen LogP contribution in [0.2, 0.25) is 0 Å². The van der Waals surface area contributed by atoms with E-state index >= 15 is 0 Å². The van der Waals surface area contributed by atoms with Crippen molar-refractivity contribution in [3.63, 3.8) is 0 Å². The van der Waals surface area contributed by atoms with Crippen molar-refractivity contribution in [2.24, 2.45) is 0 Å². The monoisotopic (exact) mass is 247 g/mol. The Hall–Kier alpha value is -1.75. The Kier molecular flexibility index (Phi) is 3.82. The zero-order valence-corrected chi connectivity index (χ0v) is 10.1. The van der Waals surface area contributed by atoms with Gasteiger partial charge in [0.05, 0.1) is 6.33 Å². The van der Waals surface area contributed by atoms with Gasteiger partial charge in [0.15, 0.2) is 0 Å². The van der Waals surface area contributed by atoms with Gasteiger partial charge in [-0.15, -0.1) is 12.6 Å². The molecular weight excluding hydrogens is 234 g/mol. The summed E-state index contributed by atoms with van der Waals surface area (Å²) in [7, 11) is 0. The van der Waals surface area contributed by atoms with Gasteiger partial charge in [0, 0.05) is 35.9 Å². The summed E-state index contributed by atoms with van der Waals surface area (Å²) < 4.78 is 1.91. The summed E-state index contributed by atoms with van der Waals surface area (Å²) in [6, 6.07) is 7.12. The molecule has 1 aromatic heterocycles. The minimum absolute atomic E-state index is 0.0709. The highest BCUT2D eigenvalue weighted by Crippen LogP contribution is 2.07. The Balaban J connectivity index is 1.83. The molecule has 0 radical (unpaired) electrons. The van der Waals surface area contributed by atoms with E-state index in [9.17, 15) is 4.79 Å². The van der Waals surface area contributed by atoms with Crippen LogP contribution in [0, 0.1) is 0 Å². The maximum atomic E-state index is 11.7. The van der Waals surface area contributed by atoms with Gasteiger partial charge < -0.3 is 9.88 Å². The topological polar surface area (TPSA) is 46.9 Å². The van der Waals surface area contributed by atoms with E-state index in [1.807, 2.05) is 10.8 Å². The summed E-state index contributed by atoms with van der Waals surface area (Å²) in [5.41, 5.74) is 0.647. The quantitative estimate of drug-likeness (QED) is 0.806. The van der Waals surface area contributed by atoms with Gasteiger partial charge in [-0.25, -0.2) is 4.98 Å². The van der Waals surface area contributed by atoms with Gasteiger partial charge in [0.2, 0.25) is 0 Å². The molecule has 0 aliphatic carbocycles.